The molecule has 84 valence electrons. The van der Waals surface area contributed by atoms with Gasteiger partial charge in [0.1, 0.15) is 5.82 Å². The fraction of sp³-hybridized carbons (Fsp3) is 0.462. The maximum absolute atomic E-state index is 4.45. The molecule has 0 bridgehead atoms. The summed E-state index contributed by atoms with van der Waals surface area (Å²) >= 11 is 0. The normalized spacial score (nSPS) is 12.5. The van der Waals surface area contributed by atoms with Crippen LogP contribution in [0, 0.1) is 0 Å². The van der Waals surface area contributed by atoms with Crippen molar-refractivity contribution in [1.82, 2.24) is 4.90 Å². The molecule has 0 N–H and O–H groups in total. The second-order valence-electron chi connectivity index (χ2n) is 3.61. The third-order valence-electron chi connectivity index (χ3n) is 2.18. The lowest BCUT2D eigenvalue weighted by Gasteiger charge is -2.20. The molecular formula is C13H22N2. The lowest BCUT2D eigenvalue weighted by atomic mass is 10.2. The highest BCUT2D eigenvalue weighted by atomic mass is 15.2. The van der Waals surface area contributed by atoms with Gasteiger partial charge in [0.15, 0.2) is 0 Å². The van der Waals surface area contributed by atoms with Gasteiger partial charge in [-0.3, -0.25) is 0 Å². The van der Waals surface area contributed by atoms with Gasteiger partial charge in [-0.25, -0.2) is 4.99 Å². The second-order valence-corrected chi connectivity index (χ2v) is 3.61. The second kappa shape index (κ2) is 7.04. The highest BCUT2D eigenvalue weighted by Crippen LogP contribution is 2.14. The third-order valence-corrected chi connectivity index (χ3v) is 2.18. The molecule has 0 aromatic carbocycles. The van der Waals surface area contributed by atoms with Gasteiger partial charge >= 0.3 is 0 Å². The van der Waals surface area contributed by atoms with Gasteiger partial charge in [0.25, 0.3) is 0 Å². The molecule has 0 heterocycles. The quantitative estimate of drug-likeness (QED) is 0.477. The Morgan fingerprint density at radius 2 is 2.00 bits per heavy atom. The van der Waals surface area contributed by atoms with Crippen LogP contribution in [-0.4, -0.2) is 18.2 Å². The van der Waals surface area contributed by atoms with E-state index in [2.05, 4.69) is 25.1 Å². The lowest BCUT2D eigenvalue weighted by Crippen LogP contribution is -2.14. The van der Waals surface area contributed by atoms with Crippen molar-refractivity contribution >= 4 is 6.21 Å². The Hall–Kier alpha value is -1.31. The largest absolute Gasteiger partial charge is 0.334 e. The summed E-state index contributed by atoms with van der Waals surface area (Å²) in [5, 5.41) is 0. The van der Waals surface area contributed by atoms with Crippen LogP contribution in [0.2, 0.25) is 0 Å². The van der Waals surface area contributed by atoms with Gasteiger partial charge in [0, 0.05) is 19.0 Å². The summed E-state index contributed by atoms with van der Waals surface area (Å²) in [4.78, 5) is 6.43. The van der Waals surface area contributed by atoms with Crippen LogP contribution in [0.3, 0.4) is 0 Å². The Labute approximate surface area is 93.7 Å². The average Bonchev–Trinajstić information content (AvgIpc) is 2.22. The number of rotatable bonds is 6. The Morgan fingerprint density at radius 1 is 1.40 bits per heavy atom. The minimum Gasteiger partial charge on any atom is -0.334 e. The van der Waals surface area contributed by atoms with Crippen LogP contribution in [0.1, 0.15) is 33.6 Å². The van der Waals surface area contributed by atoms with Gasteiger partial charge in [-0.2, -0.15) is 0 Å². The molecule has 0 rings (SSSR count). The van der Waals surface area contributed by atoms with E-state index in [-0.39, 0.29) is 0 Å². The number of allylic oxidation sites excluding steroid dienone is 3. The summed E-state index contributed by atoms with van der Waals surface area (Å²) in [6.07, 6.45) is 5.87. The van der Waals surface area contributed by atoms with Crippen LogP contribution < -0.4 is 0 Å². The predicted octanol–water partition coefficient (Wildman–Crippen LogP) is 3.74. The first-order valence-corrected chi connectivity index (χ1v) is 5.29. The molecule has 15 heavy (non-hydrogen) atoms. The number of aliphatic imine (C=N–C) groups is 1. The van der Waals surface area contributed by atoms with E-state index in [0.29, 0.717) is 0 Å². The Kier molecular flexibility index (Phi) is 6.43. The topological polar surface area (TPSA) is 15.6 Å². The number of nitrogens with zero attached hydrogens (tertiary/aromatic N) is 2. The van der Waals surface area contributed by atoms with Crippen molar-refractivity contribution < 1.29 is 0 Å². The smallest absolute Gasteiger partial charge is 0.134 e. The summed E-state index contributed by atoms with van der Waals surface area (Å²) in [5.41, 5.74) is 2.03. The molecule has 0 saturated carbocycles. The molecular weight excluding hydrogens is 184 g/mol. The highest BCUT2D eigenvalue weighted by Gasteiger charge is 2.05. The average molecular weight is 206 g/mol. The lowest BCUT2D eigenvalue weighted by molar-refractivity contribution is 0.512. The number of hydrogen-bond acceptors (Lipinski definition) is 2. The first kappa shape index (κ1) is 13.7. The number of hydrogen-bond donors (Lipinski definition) is 0. The molecule has 0 aliphatic heterocycles. The van der Waals surface area contributed by atoms with E-state index in [1.165, 1.54) is 0 Å². The van der Waals surface area contributed by atoms with Crippen molar-refractivity contribution in [3.8, 4) is 0 Å². The van der Waals surface area contributed by atoms with Crippen LogP contribution >= 0.6 is 0 Å². The van der Waals surface area contributed by atoms with E-state index in [1.807, 2.05) is 38.1 Å². The zero-order valence-corrected chi connectivity index (χ0v) is 10.4. The molecule has 0 unspecified atom stereocenters. The molecule has 0 saturated heterocycles. The molecule has 0 atom stereocenters. The number of unbranched alkanes of at least 4 members (excludes halogenated alkanes) is 1. The van der Waals surface area contributed by atoms with Gasteiger partial charge in [0.2, 0.25) is 0 Å². The highest BCUT2D eigenvalue weighted by molar-refractivity contribution is 5.59. The van der Waals surface area contributed by atoms with Gasteiger partial charge in [-0.1, -0.05) is 32.6 Å². The molecule has 0 spiro atoms. The zero-order chi connectivity index (χ0) is 11.8. The fourth-order valence-electron chi connectivity index (χ4n) is 1.01. The van der Waals surface area contributed by atoms with E-state index >= 15 is 0 Å². The Balaban J connectivity index is 4.91. The molecule has 0 aromatic heterocycles. The first-order chi connectivity index (χ1) is 7.04. The summed E-state index contributed by atoms with van der Waals surface area (Å²) < 4.78 is 0. The van der Waals surface area contributed by atoms with Gasteiger partial charge in [-0.15, -0.1) is 0 Å². The molecule has 0 aliphatic rings. The Bertz CT molecular complexity index is 285. The van der Waals surface area contributed by atoms with Gasteiger partial charge in [0.05, 0.1) is 0 Å². The maximum Gasteiger partial charge on any atom is 0.134 e. The van der Waals surface area contributed by atoms with Gasteiger partial charge < -0.3 is 4.90 Å². The van der Waals surface area contributed by atoms with E-state index in [9.17, 15) is 0 Å². The Morgan fingerprint density at radius 3 is 2.40 bits per heavy atom. The van der Waals surface area contributed by atoms with E-state index in [0.717, 1.165) is 29.9 Å². The standard InChI is InChI=1S/C13H22N2/c1-7-9-10-14-13(12(5)8-2)15(6)11(3)4/h8,10H,2-3,7,9H2,1,4-6H3/b13-12+,14-10-. The minimum atomic E-state index is 0.922. The van der Waals surface area contributed by atoms with Crippen LogP contribution in [0.25, 0.3) is 0 Å². The summed E-state index contributed by atoms with van der Waals surface area (Å²) in [6, 6.07) is 0. The third kappa shape index (κ3) is 4.63. The van der Waals surface area contributed by atoms with Crippen molar-refractivity contribution in [2.45, 2.75) is 33.6 Å². The monoisotopic (exact) mass is 206 g/mol. The SMILES string of the molecule is C=C/C(C)=C(\N=C/CCC)N(C)C(=C)C. The summed E-state index contributed by atoms with van der Waals surface area (Å²) in [5.74, 6) is 0.922. The molecule has 0 fully saturated rings. The van der Waals surface area contributed by atoms with E-state index in [1.54, 1.807) is 0 Å². The van der Waals surface area contributed by atoms with Crippen molar-refractivity contribution in [2.24, 2.45) is 4.99 Å². The molecule has 0 aromatic rings. The van der Waals surface area contributed by atoms with Crippen molar-refractivity contribution in [2.75, 3.05) is 7.05 Å². The minimum absolute atomic E-state index is 0.922. The van der Waals surface area contributed by atoms with Crippen molar-refractivity contribution in [1.29, 1.82) is 0 Å². The zero-order valence-electron chi connectivity index (χ0n) is 10.4. The molecule has 0 radical (unpaired) electrons. The molecule has 2 heteroatoms. The van der Waals surface area contributed by atoms with E-state index in [4.69, 9.17) is 0 Å². The van der Waals surface area contributed by atoms with Crippen LogP contribution in [0.5, 0.6) is 0 Å². The summed E-state index contributed by atoms with van der Waals surface area (Å²) in [6.45, 7) is 13.8. The predicted molar refractivity (Wildman–Crippen MR) is 68.9 cm³/mol. The summed E-state index contributed by atoms with van der Waals surface area (Å²) in [7, 11) is 1.97. The first-order valence-electron chi connectivity index (χ1n) is 5.29. The molecule has 0 aliphatic carbocycles. The van der Waals surface area contributed by atoms with Crippen molar-refractivity contribution in [3.05, 3.63) is 36.3 Å². The van der Waals surface area contributed by atoms with Crippen LogP contribution in [0.15, 0.2) is 41.3 Å². The van der Waals surface area contributed by atoms with Crippen molar-refractivity contribution in [3.63, 3.8) is 0 Å². The molecule has 2 nitrogen and oxygen atoms in total. The molecule has 0 amide bonds. The van der Waals surface area contributed by atoms with E-state index < -0.39 is 0 Å². The maximum atomic E-state index is 4.45. The van der Waals surface area contributed by atoms with Gasteiger partial charge in [-0.05, 0) is 25.8 Å². The van der Waals surface area contributed by atoms with Crippen LogP contribution in [-0.2, 0) is 0 Å². The fourth-order valence-corrected chi connectivity index (χ4v) is 1.01. The van der Waals surface area contributed by atoms with Crippen LogP contribution in [0.4, 0.5) is 0 Å².